The molecule has 11 heteroatoms. The van der Waals surface area contributed by atoms with Gasteiger partial charge in [0, 0.05) is 15.7 Å². The number of nitrogens with one attached hydrogen (secondary N) is 1. The fraction of sp³-hybridized carbons (Fsp3) is 0.148. The van der Waals surface area contributed by atoms with Gasteiger partial charge in [-0.2, -0.15) is 0 Å². The first-order valence-corrected chi connectivity index (χ1v) is 13.7. The Labute approximate surface area is 242 Å². The molecule has 38 heavy (non-hydrogen) atoms. The second kappa shape index (κ2) is 12.7. The van der Waals surface area contributed by atoms with E-state index in [4.69, 9.17) is 32.7 Å². The van der Waals surface area contributed by atoms with Gasteiger partial charge >= 0.3 is 0 Å². The van der Waals surface area contributed by atoms with E-state index in [1.54, 1.807) is 60.7 Å². The van der Waals surface area contributed by atoms with Crippen molar-refractivity contribution in [2.24, 2.45) is 0 Å². The molecule has 3 amide bonds. The minimum Gasteiger partial charge on any atom is -0.492 e. The zero-order valence-corrected chi connectivity index (χ0v) is 23.9. The molecule has 3 aromatic rings. The SMILES string of the molecule is Cc1ccc(NC(=O)COc2ccc(/C=C3\SC(=O)N(CCOc4ccc(Cl)cc4)C3=O)cc2Br)cc1Cl. The van der Waals surface area contributed by atoms with Crippen molar-refractivity contribution in [1.29, 1.82) is 0 Å². The van der Waals surface area contributed by atoms with E-state index in [1.807, 2.05) is 13.0 Å². The number of benzene rings is 3. The minimum absolute atomic E-state index is 0.123. The number of anilines is 1. The van der Waals surface area contributed by atoms with Gasteiger partial charge in [0.15, 0.2) is 6.61 Å². The highest BCUT2D eigenvalue weighted by atomic mass is 79.9. The average Bonchev–Trinajstić information content (AvgIpc) is 3.14. The predicted octanol–water partition coefficient (Wildman–Crippen LogP) is 7.20. The van der Waals surface area contributed by atoms with E-state index in [0.717, 1.165) is 22.2 Å². The molecule has 0 radical (unpaired) electrons. The maximum Gasteiger partial charge on any atom is 0.293 e. The first-order valence-electron chi connectivity index (χ1n) is 11.3. The van der Waals surface area contributed by atoms with Crippen molar-refractivity contribution >= 4 is 79.7 Å². The number of hydrogen-bond acceptors (Lipinski definition) is 6. The molecule has 1 heterocycles. The van der Waals surface area contributed by atoms with Gasteiger partial charge in [-0.15, -0.1) is 0 Å². The second-order valence-corrected chi connectivity index (χ2v) is 10.8. The van der Waals surface area contributed by atoms with Crippen LogP contribution in [0.25, 0.3) is 6.08 Å². The number of amides is 3. The number of aryl methyl sites for hydroxylation is 1. The summed E-state index contributed by atoms with van der Waals surface area (Å²) in [7, 11) is 0. The number of ether oxygens (including phenoxy) is 2. The number of imide groups is 1. The van der Waals surface area contributed by atoms with Crippen molar-refractivity contribution in [2.75, 3.05) is 25.1 Å². The molecule has 1 fully saturated rings. The quantitative estimate of drug-likeness (QED) is 0.250. The van der Waals surface area contributed by atoms with Crippen molar-refractivity contribution in [3.8, 4) is 11.5 Å². The summed E-state index contributed by atoms with van der Waals surface area (Å²) in [5.41, 5.74) is 2.18. The average molecular weight is 636 g/mol. The third-order valence-electron chi connectivity index (χ3n) is 5.34. The summed E-state index contributed by atoms with van der Waals surface area (Å²) in [6, 6.07) is 17.2. The van der Waals surface area contributed by atoms with E-state index < -0.39 is 0 Å². The van der Waals surface area contributed by atoms with Gasteiger partial charge in [0.2, 0.25) is 0 Å². The summed E-state index contributed by atoms with van der Waals surface area (Å²) in [4.78, 5) is 38.9. The normalized spacial score (nSPS) is 14.2. The molecule has 7 nitrogen and oxygen atoms in total. The smallest absolute Gasteiger partial charge is 0.293 e. The third-order valence-corrected chi connectivity index (χ3v) is 7.53. The number of carbonyl (C=O) groups excluding carboxylic acids is 3. The van der Waals surface area contributed by atoms with Crippen LogP contribution in [0.1, 0.15) is 11.1 Å². The van der Waals surface area contributed by atoms with Crippen LogP contribution in [0.3, 0.4) is 0 Å². The van der Waals surface area contributed by atoms with Crippen LogP contribution < -0.4 is 14.8 Å². The van der Waals surface area contributed by atoms with Crippen molar-refractivity contribution in [3.05, 3.63) is 91.2 Å². The van der Waals surface area contributed by atoms with Crippen LogP contribution in [0, 0.1) is 6.92 Å². The maximum atomic E-state index is 12.8. The Hall–Kier alpha value is -2.98. The number of hydrogen-bond donors (Lipinski definition) is 1. The third kappa shape index (κ3) is 7.32. The molecule has 4 rings (SSSR count). The zero-order valence-electron chi connectivity index (χ0n) is 20.0. The van der Waals surface area contributed by atoms with Crippen molar-refractivity contribution in [2.45, 2.75) is 6.92 Å². The number of nitrogens with zero attached hydrogens (tertiary/aromatic N) is 1. The lowest BCUT2D eigenvalue weighted by atomic mass is 10.2. The van der Waals surface area contributed by atoms with Gasteiger partial charge in [-0.05, 0) is 100 Å². The molecule has 0 aromatic heterocycles. The van der Waals surface area contributed by atoms with Crippen LogP contribution in [-0.2, 0) is 9.59 Å². The molecule has 0 spiro atoms. The van der Waals surface area contributed by atoms with Gasteiger partial charge in [-0.1, -0.05) is 35.3 Å². The van der Waals surface area contributed by atoms with Crippen LogP contribution in [-0.4, -0.2) is 41.7 Å². The Morgan fingerprint density at radius 2 is 1.82 bits per heavy atom. The molecular formula is C27H21BrCl2N2O5S. The number of thioether (sulfide) groups is 1. The number of carbonyl (C=O) groups is 3. The summed E-state index contributed by atoms with van der Waals surface area (Å²) in [5.74, 6) is 0.325. The van der Waals surface area contributed by atoms with E-state index in [1.165, 1.54) is 0 Å². The van der Waals surface area contributed by atoms with Crippen LogP contribution in [0.15, 0.2) is 70.0 Å². The molecule has 1 saturated heterocycles. The van der Waals surface area contributed by atoms with E-state index >= 15 is 0 Å². The molecule has 0 bridgehead atoms. The summed E-state index contributed by atoms with van der Waals surface area (Å²) in [6.07, 6.45) is 1.63. The largest absolute Gasteiger partial charge is 0.492 e. The lowest BCUT2D eigenvalue weighted by Gasteiger charge is -2.13. The molecule has 0 unspecified atom stereocenters. The van der Waals surface area contributed by atoms with E-state index in [9.17, 15) is 14.4 Å². The van der Waals surface area contributed by atoms with E-state index in [-0.39, 0.29) is 36.8 Å². The topological polar surface area (TPSA) is 84.9 Å². The summed E-state index contributed by atoms with van der Waals surface area (Å²) in [6.45, 7) is 1.95. The summed E-state index contributed by atoms with van der Waals surface area (Å²) < 4.78 is 11.8. The molecular weight excluding hydrogens is 615 g/mol. The molecule has 1 N–H and O–H groups in total. The van der Waals surface area contributed by atoms with Crippen LogP contribution >= 0.6 is 50.9 Å². The predicted molar refractivity (Wildman–Crippen MR) is 154 cm³/mol. The van der Waals surface area contributed by atoms with E-state index in [0.29, 0.717) is 42.2 Å². The Morgan fingerprint density at radius 1 is 1.05 bits per heavy atom. The fourth-order valence-electron chi connectivity index (χ4n) is 3.36. The Morgan fingerprint density at radius 3 is 2.53 bits per heavy atom. The van der Waals surface area contributed by atoms with Gasteiger partial charge in [0.25, 0.3) is 17.1 Å². The lowest BCUT2D eigenvalue weighted by Crippen LogP contribution is -2.32. The first kappa shape index (κ1) is 28.0. The van der Waals surface area contributed by atoms with Crippen molar-refractivity contribution in [1.82, 2.24) is 4.90 Å². The second-order valence-electron chi connectivity index (χ2n) is 8.13. The zero-order chi connectivity index (χ0) is 27.2. The van der Waals surface area contributed by atoms with Crippen LogP contribution in [0.4, 0.5) is 10.5 Å². The fourth-order valence-corrected chi connectivity index (χ4v) is 5.05. The monoisotopic (exact) mass is 634 g/mol. The highest BCUT2D eigenvalue weighted by molar-refractivity contribution is 9.10. The van der Waals surface area contributed by atoms with Crippen LogP contribution in [0.2, 0.25) is 10.0 Å². The van der Waals surface area contributed by atoms with Gasteiger partial charge in [-0.3, -0.25) is 19.3 Å². The Balaban J connectivity index is 1.31. The van der Waals surface area contributed by atoms with Gasteiger partial charge < -0.3 is 14.8 Å². The molecule has 0 aliphatic carbocycles. The molecule has 196 valence electrons. The standard InChI is InChI=1S/C27H21BrCl2N2O5S/c1-16-2-6-19(14-22(16)30)31-25(33)15-37-23-9-3-17(12-21(23)28)13-24-26(34)32(27(35)38-24)10-11-36-20-7-4-18(29)5-8-20/h2-9,12-14H,10-11,15H2,1H3,(H,31,33)/b24-13-. The van der Waals surface area contributed by atoms with Gasteiger partial charge in [0.1, 0.15) is 18.1 Å². The molecule has 0 saturated carbocycles. The summed E-state index contributed by atoms with van der Waals surface area (Å²) >= 11 is 16.3. The molecule has 1 aliphatic heterocycles. The van der Waals surface area contributed by atoms with Crippen molar-refractivity contribution < 1.29 is 23.9 Å². The first-order chi connectivity index (χ1) is 18.2. The molecule has 3 aromatic carbocycles. The van der Waals surface area contributed by atoms with E-state index in [2.05, 4.69) is 21.2 Å². The Kier molecular flexibility index (Phi) is 9.38. The maximum absolute atomic E-state index is 12.8. The highest BCUT2D eigenvalue weighted by Crippen LogP contribution is 2.34. The summed E-state index contributed by atoms with van der Waals surface area (Å²) in [5, 5.41) is 3.53. The number of halogens is 3. The van der Waals surface area contributed by atoms with Crippen LogP contribution in [0.5, 0.6) is 11.5 Å². The highest BCUT2D eigenvalue weighted by Gasteiger charge is 2.34. The van der Waals surface area contributed by atoms with Gasteiger partial charge in [-0.25, -0.2) is 0 Å². The lowest BCUT2D eigenvalue weighted by molar-refractivity contribution is -0.123. The Bertz CT molecular complexity index is 1420. The minimum atomic E-state index is -0.385. The van der Waals surface area contributed by atoms with Gasteiger partial charge in [0.05, 0.1) is 15.9 Å². The molecule has 1 aliphatic rings. The van der Waals surface area contributed by atoms with Crippen molar-refractivity contribution in [3.63, 3.8) is 0 Å². The number of rotatable bonds is 9. The molecule has 0 atom stereocenters.